The number of benzene rings is 1. The number of aryl methyl sites for hydroxylation is 1. The smallest absolute Gasteiger partial charge is 0.308 e. The maximum atomic E-state index is 13.4. The highest BCUT2D eigenvalue weighted by molar-refractivity contribution is 6.34. The van der Waals surface area contributed by atoms with E-state index in [1.54, 1.807) is 0 Å². The molecule has 0 radical (unpaired) electrons. The number of carboxylic acid groups (broad SMARTS) is 1. The molecule has 1 aromatic heterocycles. The van der Waals surface area contributed by atoms with Gasteiger partial charge in [-0.25, -0.2) is 9.07 Å². The summed E-state index contributed by atoms with van der Waals surface area (Å²) in [4.78, 5) is 27.3. The largest absolute Gasteiger partial charge is 0.481 e. The Hall–Kier alpha value is -2.48. The van der Waals surface area contributed by atoms with Crippen LogP contribution in [-0.4, -0.2) is 31.7 Å². The zero-order chi connectivity index (χ0) is 16.6. The van der Waals surface area contributed by atoms with Crippen molar-refractivity contribution in [3.8, 4) is 0 Å². The highest BCUT2D eigenvalue weighted by Crippen LogP contribution is 2.22. The molecule has 0 bridgehead atoms. The van der Waals surface area contributed by atoms with E-state index >= 15 is 0 Å². The third kappa shape index (κ3) is 3.02. The molecule has 1 unspecified atom stereocenters. The number of carbonyl (C=O) groups is 2. The van der Waals surface area contributed by atoms with E-state index in [-0.39, 0.29) is 23.1 Å². The Labute approximate surface area is 135 Å². The van der Waals surface area contributed by atoms with Crippen molar-refractivity contribution in [2.75, 3.05) is 5.32 Å². The average Bonchev–Trinajstić information content (AvgIpc) is 2.90. The maximum Gasteiger partial charge on any atom is 0.308 e. The van der Waals surface area contributed by atoms with Crippen molar-refractivity contribution in [3.05, 3.63) is 40.4 Å². The van der Waals surface area contributed by atoms with Gasteiger partial charge in [-0.15, -0.1) is 5.10 Å². The molecule has 23 heavy (non-hydrogen) atoms. The fraction of sp³-hybridized carbons (Fsp3) is 0.286. The lowest BCUT2D eigenvalue weighted by atomic mass is 10.0. The van der Waals surface area contributed by atoms with Gasteiger partial charge in [-0.2, -0.15) is 4.98 Å². The van der Waals surface area contributed by atoms with E-state index in [9.17, 15) is 14.0 Å². The number of nitrogens with one attached hydrogen (secondary N) is 1. The number of hydrogen-bond acceptors (Lipinski definition) is 4. The van der Waals surface area contributed by atoms with Crippen LogP contribution < -0.4 is 5.32 Å². The number of carbonyl (C=O) groups excluding carboxylic acids is 1. The zero-order valence-electron chi connectivity index (χ0n) is 11.8. The molecule has 0 saturated heterocycles. The molecular weight excluding hydrogens is 327 g/mol. The van der Waals surface area contributed by atoms with Gasteiger partial charge < -0.3 is 5.11 Å². The van der Waals surface area contributed by atoms with E-state index in [1.165, 1.54) is 16.8 Å². The van der Waals surface area contributed by atoms with Crippen LogP contribution in [0.15, 0.2) is 18.2 Å². The monoisotopic (exact) mass is 338 g/mol. The summed E-state index contributed by atoms with van der Waals surface area (Å²) in [5.41, 5.74) is -0.0251. The third-order valence-electron chi connectivity index (χ3n) is 3.63. The SMILES string of the molecule is O=C(Nc1nc2n(n1)CC(C(=O)O)CC2)c1cccc(F)c1Cl. The number of fused-ring (bicyclic) bond motifs is 1. The summed E-state index contributed by atoms with van der Waals surface area (Å²) < 4.78 is 14.8. The first-order valence-corrected chi connectivity index (χ1v) is 7.25. The van der Waals surface area contributed by atoms with Gasteiger partial charge in [0.15, 0.2) is 0 Å². The Kier molecular flexibility index (Phi) is 3.99. The molecule has 1 aliphatic rings. The zero-order valence-corrected chi connectivity index (χ0v) is 12.5. The molecule has 0 spiro atoms. The quantitative estimate of drug-likeness (QED) is 0.891. The van der Waals surface area contributed by atoms with Crippen LogP contribution in [-0.2, 0) is 17.8 Å². The fourth-order valence-corrected chi connectivity index (χ4v) is 2.62. The molecule has 2 N–H and O–H groups in total. The van der Waals surface area contributed by atoms with Crippen LogP contribution >= 0.6 is 11.6 Å². The van der Waals surface area contributed by atoms with Gasteiger partial charge >= 0.3 is 5.97 Å². The Morgan fingerprint density at radius 1 is 1.43 bits per heavy atom. The second kappa shape index (κ2) is 5.96. The van der Waals surface area contributed by atoms with Crippen molar-refractivity contribution in [3.63, 3.8) is 0 Å². The Balaban J connectivity index is 1.78. The Bertz CT molecular complexity index is 792. The Morgan fingerprint density at radius 3 is 2.96 bits per heavy atom. The first kappa shape index (κ1) is 15.4. The number of nitrogens with zero attached hydrogens (tertiary/aromatic N) is 3. The van der Waals surface area contributed by atoms with Crippen molar-refractivity contribution in [1.82, 2.24) is 14.8 Å². The first-order valence-electron chi connectivity index (χ1n) is 6.87. The third-order valence-corrected chi connectivity index (χ3v) is 4.01. The number of carboxylic acids is 1. The molecular formula is C14H12ClFN4O3. The molecule has 0 fully saturated rings. The average molecular weight is 339 g/mol. The van der Waals surface area contributed by atoms with Crippen LogP contribution in [0.5, 0.6) is 0 Å². The first-order chi connectivity index (χ1) is 11.0. The van der Waals surface area contributed by atoms with E-state index in [2.05, 4.69) is 15.4 Å². The van der Waals surface area contributed by atoms with Gasteiger partial charge in [0.25, 0.3) is 5.91 Å². The van der Waals surface area contributed by atoms with E-state index in [0.29, 0.717) is 18.7 Å². The van der Waals surface area contributed by atoms with E-state index in [0.717, 1.165) is 6.07 Å². The van der Waals surface area contributed by atoms with E-state index in [4.69, 9.17) is 16.7 Å². The number of rotatable bonds is 3. The number of amides is 1. The summed E-state index contributed by atoms with van der Waals surface area (Å²) >= 11 is 5.76. The van der Waals surface area contributed by atoms with Gasteiger partial charge in [-0.1, -0.05) is 17.7 Å². The lowest BCUT2D eigenvalue weighted by Gasteiger charge is -2.18. The van der Waals surface area contributed by atoms with Gasteiger partial charge in [-0.3, -0.25) is 14.9 Å². The normalized spacial score (nSPS) is 16.7. The number of anilines is 1. The van der Waals surface area contributed by atoms with Crippen molar-refractivity contribution in [1.29, 1.82) is 0 Å². The number of halogens is 2. The molecule has 7 nitrogen and oxygen atoms in total. The van der Waals surface area contributed by atoms with Crippen LogP contribution in [0.3, 0.4) is 0 Å². The van der Waals surface area contributed by atoms with Gasteiger partial charge in [-0.05, 0) is 18.6 Å². The molecule has 1 aliphatic heterocycles. The molecule has 1 atom stereocenters. The number of aliphatic carboxylic acids is 1. The predicted molar refractivity (Wildman–Crippen MR) is 78.8 cm³/mol. The van der Waals surface area contributed by atoms with Gasteiger partial charge in [0.2, 0.25) is 5.95 Å². The van der Waals surface area contributed by atoms with Gasteiger partial charge in [0.1, 0.15) is 11.6 Å². The van der Waals surface area contributed by atoms with Crippen LogP contribution in [0.1, 0.15) is 22.6 Å². The highest BCUT2D eigenvalue weighted by Gasteiger charge is 2.27. The number of aromatic nitrogens is 3. The van der Waals surface area contributed by atoms with Crippen LogP contribution in [0, 0.1) is 11.7 Å². The van der Waals surface area contributed by atoms with Crippen molar-refractivity contribution < 1.29 is 19.1 Å². The second-order valence-corrected chi connectivity index (χ2v) is 5.54. The second-order valence-electron chi connectivity index (χ2n) is 5.16. The van der Waals surface area contributed by atoms with Crippen LogP contribution in [0.2, 0.25) is 5.02 Å². The lowest BCUT2D eigenvalue weighted by Crippen LogP contribution is -2.27. The highest BCUT2D eigenvalue weighted by atomic mass is 35.5. The van der Waals surface area contributed by atoms with Crippen LogP contribution in [0.4, 0.5) is 10.3 Å². The molecule has 1 amide bonds. The minimum absolute atomic E-state index is 0.0251. The molecule has 3 rings (SSSR count). The Morgan fingerprint density at radius 2 is 2.22 bits per heavy atom. The van der Waals surface area contributed by atoms with Crippen molar-refractivity contribution in [2.24, 2.45) is 5.92 Å². The molecule has 2 heterocycles. The van der Waals surface area contributed by atoms with E-state index < -0.39 is 23.6 Å². The minimum atomic E-state index is -0.886. The summed E-state index contributed by atoms with van der Waals surface area (Å²) in [5.74, 6) is -2.10. The minimum Gasteiger partial charge on any atom is -0.481 e. The maximum absolute atomic E-state index is 13.4. The molecule has 0 aliphatic carbocycles. The van der Waals surface area contributed by atoms with E-state index in [1.807, 2.05) is 0 Å². The molecule has 1 aromatic carbocycles. The van der Waals surface area contributed by atoms with Crippen molar-refractivity contribution >= 4 is 29.4 Å². The topological polar surface area (TPSA) is 97.1 Å². The summed E-state index contributed by atoms with van der Waals surface area (Å²) in [6, 6.07) is 3.91. The summed E-state index contributed by atoms with van der Waals surface area (Å²) in [7, 11) is 0. The standard InChI is InChI=1S/C14H12ClFN4O3/c15-11-8(2-1-3-9(11)16)12(21)18-14-17-10-5-4-7(13(22)23)6-20(10)19-14/h1-3,7H,4-6H2,(H,22,23)(H,18,19,21). The molecule has 2 aromatic rings. The molecule has 0 saturated carbocycles. The van der Waals surface area contributed by atoms with Gasteiger partial charge in [0.05, 0.1) is 23.0 Å². The van der Waals surface area contributed by atoms with Crippen LogP contribution in [0.25, 0.3) is 0 Å². The number of hydrogen-bond donors (Lipinski definition) is 2. The summed E-state index contributed by atoms with van der Waals surface area (Å²) in [6.07, 6.45) is 0.928. The summed E-state index contributed by atoms with van der Waals surface area (Å²) in [5, 5.41) is 15.3. The fourth-order valence-electron chi connectivity index (χ4n) is 2.41. The lowest BCUT2D eigenvalue weighted by molar-refractivity contribution is -0.142. The molecule has 9 heteroatoms. The molecule has 120 valence electrons. The van der Waals surface area contributed by atoms with Gasteiger partial charge in [0, 0.05) is 6.42 Å². The predicted octanol–water partition coefficient (Wildman–Crippen LogP) is 1.97. The van der Waals surface area contributed by atoms with Crippen molar-refractivity contribution in [2.45, 2.75) is 19.4 Å². The summed E-state index contributed by atoms with van der Waals surface area (Å²) in [6.45, 7) is 0.203.